The van der Waals surface area contributed by atoms with Gasteiger partial charge in [0, 0.05) is 17.8 Å². The highest BCUT2D eigenvalue weighted by Gasteiger charge is 2.43. The van der Waals surface area contributed by atoms with Gasteiger partial charge in [-0.15, -0.1) is 8.78 Å². The van der Waals surface area contributed by atoms with E-state index in [2.05, 4.69) is 14.8 Å². The lowest BCUT2D eigenvalue weighted by molar-refractivity contribution is -0.286. The van der Waals surface area contributed by atoms with Crippen molar-refractivity contribution in [3.8, 4) is 11.5 Å². The molecule has 2 N–H and O–H groups in total. The van der Waals surface area contributed by atoms with E-state index in [0.717, 1.165) is 31.4 Å². The second-order valence-corrected chi connectivity index (χ2v) is 4.98. The second kappa shape index (κ2) is 4.52. The molecule has 0 radical (unpaired) electrons. The van der Waals surface area contributed by atoms with Crippen LogP contribution in [0.1, 0.15) is 25.7 Å². The molecule has 0 saturated heterocycles. The molecule has 1 aromatic carbocycles. The fourth-order valence-electron chi connectivity index (χ4n) is 2.49. The van der Waals surface area contributed by atoms with Crippen molar-refractivity contribution >= 4 is 5.69 Å². The van der Waals surface area contributed by atoms with Crippen molar-refractivity contribution in [3.05, 3.63) is 18.2 Å². The van der Waals surface area contributed by atoms with E-state index in [4.69, 9.17) is 0 Å². The first-order valence-corrected chi connectivity index (χ1v) is 6.36. The summed E-state index contributed by atoms with van der Waals surface area (Å²) in [5.41, 5.74) is 0.724. The summed E-state index contributed by atoms with van der Waals surface area (Å²) in [6.45, 7) is 0. The maximum atomic E-state index is 12.9. The van der Waals surface area contributed by atoms with Crippen LogP contribution in [0.2, 0.25) is 0 Å². The molecule has 1 aromatic rings. The molecule has 0 bridgehead atoms. The molecule has 1 fully saturated rings. The number of anilines is 1. The topological polar surface area (TPSA) is 50.7 Å². The molecule has 0 aromatic heterocycles. The maximum absolute atomic E-state index is 12.9. The van der Waals surface area contributed by atoms with Gasteiger partial charge >= 0.3 is 6.29 Å². The maximum Gasteiger partial charge on any atom is 0.586 e. The van der Waals surface area contributed by atoms with Crippen LogP contribution < -0.4 is 14.8 Å². The van der Waals surface area contributed by atoms with Gasteiger partial charge in [0.25, 0.3) is 0 Å². The average Bonchev–Trinajstić information content (AvgIpc) is 2.65. The molecule has 0 spiro atoms. The van der Waals surface area contributed by atoms with Crippen molar-refractivity contribution in [1.82, 2.24) is 0 Å². The quantitative estimate of drug-likeness (QED) is 0.868. The van der Waals surface area contributed by atoms with Gasteiger partial charge in [-0.3, -0.25) is 0 Å². The Balaban J connectivity index is 1.67. The number of ether oxygens (including phenoxy) is 2. The number of alkyl halides is 2. The van der Waals surface area contributed by atoms with Crippen molar-refractivity contribution in [2.75, 3.05) is 5.32 Å². The molecule has 2 aliphatic rings. The van der Waals surface area contributed by atoms with Gasteiger partial charge in [0.1, 0.15) is 0 Å². The molecule has 3 rings (SSSR count). The zero-order chi connectivity index (χ0) is 13.5. The summed E-state index contributed by atoms with van der Waals surface area (Å²) in [5, 5.41) is 12.7. The first-order chi connectivity index (χ1) is 9.02. The van der Waals surface area contributed by atoms with Crippen LogP contribution in [-0.4, -0.2) is 23.5 Å². The minimum Gasteiger partial charge on any atom is -0.395 e. The monoisotopic (exact) mass is 271 g/mol. The summed E-state index contributed by atoms with van der Waals surface area (Å²) in [6.07, 6.45) is -0.526. The summed E-state index contributed by atoms with van der Waals surface area (Å²) in [7, 11) is 0. The van der Waals surface area contributed by atoms with Crippen LogP contribution in [0, 0.1) is 0 Å². The molecule has 1 heterocycles. The van der Waals surface area contributed by atoms with Gasteiger partial charge < -0.3 is 19.9 Å². The SMILES string of the molecule is OC1CCC(Nc2ccc3c(c2)OC(F)(F)O3)CC1. The van der Waals surface area contributed by atoms with Gasteiger partial charge in [-0.25, -0.2) is 0 Å². The first-order valence-electron chi connectivity index (χ1n) is 6.36. The van der Waals surface area contributed by atoms with Crippen LogP contribution in [0.5, 0.6) is 11.5 Å². The van der Waals surface area contributed by atoms with Crippen LogP contribution in [0.4, 0.5) is 14.5 Å². The predicted molar refractivity (Wildman–Crippen MR) is 64.5 cm³/mol. The Kier molecular flexibility index (Phi) is 2.97. The molecule has 19 heavy (non-hydrogen) atoms. The molecular formula is C13H15F2NO3. The Morgan fingerprint density at radius 2 is 1.79 bits per heavy atom. The summed E-state index contributed by atoms with van der Waals surface area (Å²) in [5.74, 6) is 0.0976. The molecule has 1 aliphatic heterocycles. The Labute approximate surface area is 109 Å². The summed E-state index contributed by atoms with van der Waals surface area (Å²) >= 11 is 0. The zero-order valence-corrected chi connectivity index (χ0v) is 10.2. The van der Waals surface area contributed by atoms with Gasteiger partial charge in [0.15, 0.2) is 11.5 Å². The van der Waals surface area contributed by atoms with Gasteiger partial charge in [-0.1, -0.05) is 0 Å². The van der Waals surface area contributed by atoms with E-state index in [-0.39, 0.29) is 23.6 Å². The Bertz CT molecular complexity index is 473. The van der Waals surface area contributed by atoms with Crippen LogP contribution >= 0.6 is 0 Å². The molecule has 1 saturated carbocycles. The summed E-state index contributed by atoms with van der Waals surface area (Å²) in [6, 6.07) is 4.93. The number of halogens is 2. The van der Waals surface area contributed by atoms with E-state index in [0.29, 0.717) is 0 Å². The number of benzene rings is 1. The van der Waals surface area contributed by atoms with Crippen LogP contribution in [-0.2, 0) is 0 Å². The molecule has 0 amide bonds. The minimum atomic E-state index is -3.57. The Hall–Kier alpha value is -1.56. The average molecular weight is 271 g/mol. The fourth-order valence-corrected chi connectivity index (χ4v) is 2.49. The highest BCUT2D eigenvalue weighted by atomic mass is 19.3. The smallest absolute Gasteiger partial charge is 0.395 e. The van der Waals surface area contributed by atoms with Gasteiger partial charge in [0.05, 0.1) is 6.10 Å². The van der Waals surface area contributed by atoms with Crippen molar-refractivity contribution in [2.45, 2.75) is 44.1 Å². The number of rotatable bonds is 2. The third-order valence-corrected chi connectivity index (χ3v) is 3.47. The zero-order valence-electron chi connectivity index (χ0n) is 10.2. The van der Waals surface area contributed by atoms with Gasteiger partial charge in [0.2, 0.25) is 0 Å². The van der Waals surface area contributed by atoms with Gasteiger partial charge in [-0.05, 0) is 37.8 Å². The Morgan fingerprint density at radius 3 is 2.53 bits per heavy atom. The third-order valence-electron chi connectivity index (χ3n) is 3.47. The third kappa shape index (κ3) is 2.73. The van der Waals surface area contributed by atoms with Crippen molar-refractivity contribution < 1.29 is 23.4 Å². The van der Waals surface area contributed by atoms with Crippen molar-refractivity contribution in [3.63, 3.8) is 0 Å². The van der Waals surface area contributed by atoms with E-state index >= 15 is 0 Å². The van der Waals surface area contributed by atoms with E-state index < -0.39 is 6.29 Å². The standard InChI is InChI=1S/C13H15F2NO3/c14-13(15)18-11-6-3-9(7-12(11)19-13)16-8-1-4-10(17)5-2-8/h3,6-8,10,16-17H,1-2,4-5H2. The van der Waals surface area contributed by atoms with E-state index in [1.54, 1.807) is 6.07 Å². The van der Waals surface area contributed by atoms with Gasteiger partial charge in [-0.2, -0.15) is 0 Å². The molecule has 0 unspecified atom stereocenters. The lowest BCUT2D eigenvalue weighted by Gasteiger charge is -2.27. The molecule has 1 aliphatic carbocycles. The number of hydrogen-bond donors (Lipinski definition) is 2. The molecule has 104 valence electrons. The first kappa shape index (κ1) is 12.5. The minimum absolute atomic E-state index is 0.0471. The highest BCUT2D eigenvalue weighted by molar-refractivity contribution is 5.56. The second-order valence-electron chi connectivity index (χ2n) is 4.98. The van der Waals surface area contributed by atoms with E-state index in [9.17, 15) is 13.9 Å². The highest BCUT2D eigenvalue weighted by Crippen LogP contribution is 2.42. The predicted octanol–water partition coefficient (Wildman–Crippen LogP) is 2.72. The summed E-state index contributed by atoms with van der Waals surface area (Å²) in [4.78, 5) is 0. The fraction of sp³-hybridized carbons (Fsp3) is 0.538. The Morgan fingerprint density at radius 1 is 1.11 bits per heavy atom. The number of aliphatic hydroxyl groups is 1. The lowest BCUT2D eigenvalue weighted by atomic mass is 9.93. The lowest BCUT2D eigenvalue weighted by Crippen LogP contribution is -2.28. The molecule has 4 nitrogen and oxygen atoms in total. The number of fused-ring (bicyclic) bond motifs is 1. The van der Waals surface area contributed by atoms with Crippen molar-refractivity contribution in [2.24, 2.45) is 0 Å². The number of hydrogen-bond acceptors (Lipinski definition) is 4. The van der Waals surface area contributed by atoms with Crippen LogP contribution in [0.15, 0.2) is 18.2 Å². The summed E-state index contributed by atoms with van der Waals surface area (Å²) < 4.78 is 34.5. The number of aliphatic hydroxyl groups excluding tert-OH is 1. The number of nitrogens with one attached hydrogen (secondary N) is 1. The van der Waals surface area contributed by atoms with Crippen LogP contribution in [0.25, 0.3) is 0 Å². The van der Waals surface area contributed by atoms with Crippen molar-refractivity contribution in [1.29, 1.82) is 0 Å². The molecule has 6 heteroatoms. The largest absolute Gasteiger partial charge is 0.586 e. The normalized spacial score (nSPS) is 28.2. The van der Waals surface area contributed by atoms with Crippen LogP contribution in [0.3, 0.4) is 0 Å². The molecule has 0 atom stereocenters. The van der Waals surface area contributed by atoms with E-state index in [1.807, 2.05) is 0 Å². The van der Waals surface area contributed by atoms with E-state index in [1.165, 1.54) is 12.1 Å². The molecular weight excluding hydrogens is 256 g/mol.